The van der Waals surface area contributed by atoms with Crippen LogP contribution < -0.4 is 16.0 Å². The van der Waals surface area contributed by atoms with Crippen molar-refractivity contribution in [3.8, 4) is 10.6 Å². The number of hydrogen-bond donors (Lipinski definition) is 3. The van der Waals surface area contributed by atoms with Crippen LogP contribution in [0.1, 0.15) is 25.8 Å². The molecule has 0 saturated carbocycles. The van der Waals surface area contributed by atoms with Crippen molar-refractivity contribution in [2.45, 2.75) is 38.6 Å². The van der Waals surface area contributed by atoms with Gasteiger partial charge in [-0.15, -0.1) is 10.2 Å². The van der Waals surface area contributed by atoms with Gasteiger partial charge in [0.25, 0.3) is 0 Å². The zero-order chi connectivity index (χ0) is 20.7. The molecule has 4 N–H and O–H groups in total. The van der Waals surface area contributed by atoms with Crippen LogP contribution >= 0.6 is 11.3 Å². The molecule has 2 atom stereocenters. The number of anilines is 1. The summed E-state index contributed by atoms with van der Waals surface area (Å²) in [5.74, 6) is 0. The minimum atomic E-state index is -0.129. The number of nitrogens with zero attached hydrogens (tertiary/aromatic N) is 3. The van der Waals surface area contributed by atoms with E-state index in [0.29, 0.717) is 0 Å². The van der Waals surface area contributed by atoms with Crippen LogP contribution in [0, 0.1) is 0 Å². The summed E-state index contributed by atoms with van der Waals surface area (Å²) in [6.07, 6.45) is 9.21. The Hall–Kier alpha value is -2.68. The lowest BCUT2D eigenvalue weighted by Crippen LogP contribution is -2.32. The van der Waals surface area contributed by atoms with Crippen LogP contribution in [-0.2, 0) is 4.74 Å². The molecule has 7 nitrogen and oxygen atoms in total. The van der Waals surface area contributed by atoms with E-state index >= 15 is 0 Å². The molecule has 1 saturated heterocycles. The summed E-state index contributed by atoms with van der Waals surface area (Å²) in [7, 11) is 0. The van der Waals surface area contributed by atoms with Gasteiger partial charge in [0.05, 0.1) is 6.10 Å². The average Bonchev–Trinajstić information content (AvgIpc) is 3.46. The van der Waals surface area contributed by atoms with Crippen molar-refractivity contribution >= 4 is 33.1 Å². The number of nitrogens with one attached hydrogen (secondary N) is 2. The van der Waals surface area contributed by atoms with Gasteiger partial charge < -0.3 is 25.7 Å². The van der Waals surface area contributed by atoms with E-state index in [1.54, 1.807) is 11.3 Å². The molecular formula is C22H26N6OS. The number of nitrogens with two attached hydrogens (primary N) is 1. The number of benzene rings is 1. The van der Waals surface area contributed by atoms with Crippen LogP contribution in [0.3, 0.4) is 0 Å². The van der Waals surface area contributed by atoms with Crippen LogP contribution in [0.15, 0.2) is 42.6 Å². The Morgan fingerprint density at radius 2 is 2.20 bits per heavy atom. The number of aromatic nitrogens is 3. The van der Waals surface area contributed by atoms with E-state index in [2.05, 4.69) is 49.7 Å². The van der Waals surface area contributed by atoms with Crippen molar-refractivity contribution in [1.82, 2.24) is 20.5 Å². The van der Waals surface area contributed by atoms with Crippen LogP contribution in [0.5, 0.6) is 0 Å². The Balaban J connectivity index is 1.43. The van der Waals surface area contributed by atoms with Crippen LogP contribution in [-0.4, -0.2) is 46.6 Å². The number of fused-ring (bicyclic) bond motifs is 1. The van der Waals surface area contributed by atoms with Gasteiger partial charge in [0.15, 0.2) is 0 Å². The largest absolute Gasteiger partial charge is 0.360 e. The lowest BCUT2D eigenvalue weighted by atomic mass is 10.1. The van der Waals surface area contributed by atoms with Gasteiger partial charge in [-0.05, 0) is 50.6 Å². The summed E-state index contributed by atoms with van der Waals surface area (Å²) < 4.78 is 5.90. The fraction of sp³-hybridized carbons (Fsp3) is 0.364. The Kier molecular flexibility index (Phi) is 5.06. The molecule has 156 valence electrons. The van der Waals surface area contributed by atoms with E-state index in [0.717, 1.165) is 57.4 Å². The maximum Gasteiger partial charge on any atom is 0.208 e. The predicted molar refractivity (Wildman–Crippen MR) is 122 cm³/mol. The summed E-state index contributed by atoms with van der Waals surface area (Å²) >= 11 is 1.62. The molecule has 2 unspecified atom stereocenters. The van der Waals surface area contributed by atoms with Crippen molar-refractivity contribution in [2.24, 2.45) is 5.73 Å². The standard InChI is InChI=1S/C22H26N6OS/c1-13(2)29-20-5-3-4-19(25-20)17-11-24-18-7-6-14(10-16(17)18)21-26-27-22(30-21)28-9-8-15(23)12-28/h3-7,10-11,13,15,20,24-25H,8-9,12,23H2,1-2H3. The second kappa shape index (κ2) is 7.86. The maximum atomic E-state index is 6.04. The molecule has 5 rings (SSSR count). The van der Waals surface area contributed by atoms with Gasteiger partial charge in [-0.2, -0.15) is 0 Å². The Bertz CT molecular complexity index is 1110. The lowest BCUT2D eigenvalue weighted by molar-refractivity contribution is 0.0255. The van der Waals surface area contributed by atoms with E-state index in [1.807, 2.05) is 32.2 Å². The normalized spacial score (nSPS) is 21.5. The molecule has 30 heavy (non-hydrogen) atoms. The van der Waals surface area contributed by atoms with Crippen LogP contribution in [0.2, 0.25) is 0 Å². The topological polar surface area (TPSA) is 92.1 Å². The highest BCUT2D eigenvalue weighted by molar-refractivity contribution is 7.18. The molecule has 0 spiro atoms. The first-order valence-electron chi connectivity index (χ1n) is 10.3. The van der Waals surface area contributed by atoms with Crippen molar-refractivity contribution in [1.29, 1.82) is 0 Å². The van der Waals surface area contributed by atoms with Crippen LogP contribution in [0.25, 0.3) is 27.2 Å². The summed E-state index contributed by atoms with van der Waals surface area (Å²) in [5, 5.41) is 15.3. The molecule has 1 fully saturated rings. The van der Waals surface area contributed by atoms with Gasteiger partial charge >= 0.3 is 0 Å². The number of rotatable bonds is 5. The first-order valence-corrected chi connectivity index (χ1v) is 11.1. The molecule has 0 amide bonds. The third-order valence-electron chi connectivity index (χ3n) is 5.39. The molecule has 8 heteroatoms. The van der Waals surface area contributed by atoms with Crippen molar-refractivity contribution in [3.63, 3.8) is 0 Å². The molecule has 4 heterocycles. The number of aromatic amines is 1. The molecular weight excluding hydrogens is 396 g/mol. The lowest BCUT2D eigenvalue weighted by Gasteiger charge is -2.23. The highest BCUT2D eigenvalue weighted by atomic mass is 32.1. The van der Waals surface area contributed by atoms with E-state index in [1.165, 1.54) is 0 Å². The van der Waals surface area contributed by atoms with Crippen molar-refractivity contribution in [3.05, 3.63) is 48.2 Å². The molecule has 2 aromatic heterocycles. The molecule has 2 aliphatic rings. The van der Waals surface area contributed by atoms with E-state index in [-0.39, 0.29) is 18.4 Å². The maximum absolute atomic E-state index is 6.04. The number of hydrogen-bond acceptors (Lipinski definition) is 7. The number of H-pyrrole nitrogens is 1. The molecule has 0 radical (unpaired) electrons. The van der Waals surface area contributed by atoms with E-state index < -0.39 is 0 Å². The molecule has 0 aliphatic carbocycles. The summed E-state index contributed by atoms with van der Waals surface area (Å²) in [6.45, 7) is 5.88. The highest BCUT2D eigenvalue weighted by Gasteiger charge is 2.23. The zero-order valence-corrected chi connectivity index (χ0v) is 17.9. The Labute approximate surface area is 179 Å². The summed E-state index contributed by atoms with van der Waals surface area (Å²) in [5.41, 5.74) is 10.3. The number of dihydropyridines is 1. The molecule has 3 aromatic rings. The van der Waals surface area contributed by atoms with Crippen LogP contribution in [0.4, 0.5) is 5.13 Å². The van der Waals surface area contributed by atoms with Gasteiger partial charge in [-0.3, -0.25) is 0 Å². The minimum absolute atomic E-state index is 0.129. The van der Waals surface area contributed by atoms with Gasteiger partial charge in [0.1, 0.15) is 11.2 Å². The SMILES string of the molecule is CC(C)OC1C=CC=C(c2c[nH]c3ccc(-c4nnc(N5CCC(N)C5)s4)cc23)N1. The molecule has 2 aliphatic heterocycles. The average molecular weight is 423 g/mol. The Morgan fingerprint density at radius 3 is 3.00 bits per heavy atom. The Morgan fingerprint density at radius 1 is 1.30 bits per heavy atom. The summed E-state index contributed by atoms with van der Waals surface area (Å²) in [4.78, 5) is 5.60. The monoisotopic (exact) mass is 422 g/mol. The first kappa shape index (κ1) is 19.3. The van der Waals surface area contributed by atoms with Gasteiger partial charge in [-0.1, -0.05) is 17.4 Å². The van der Waals surface area contributed by atoms with Gasteiger partial charge in [0.2, 0.25) is 5.13 Å². The van der Waals surface area contributed by atoms with Gasteiger partial charge in [-0.25, -0.2) is 0 Å². The fourth-order valence-corrected chi connectivity index (χ4v) is 4.82. The second-order valence-electron chi connectivity index (χ2n) is 8.06. The quantitative estimate of drug-likeness (QED) is 0.583. The third kappa shape index (κ3) is 3.74. The number of allylic oxidation sites excluding steroid dienone is 2. The predicted octanol–water partition coefficient (Wildman–Crippen LogP) is 3.48. The van der Waals surface area contributed by atoms with Crippen molar-refractivity contribution < 1.29 is 4.74 Å². The van der Waals surface area contributed by atoms with E-state index in [9.17, 15) is 0 Å². The first-order chi connectivity index (χ1) is 14.6. The third-order valence-corrected chi connectivity index (χ3v) is 6.43. The van der Waals surface area contributed by atoms with Gasteiger partial charge in [0, 0.05) is 53.1 Å². The number of ether oxygens (including phenoxy) is 1. The molecule has 1 aromatic carbocycles. The minimum Gasteiger partial charge on any atom is -0.360 e. The highest BCUT2D eigenvalue weighted by Crippen LogP contribution is 2.34. The molecule has 0 bridgehead atoms. The zero-order valence-electron chi connectivity index (χ0n) is 17.1. The summed E-state index contributed by atoms with van der Waals surface area (Å²) in [6, 6.07) is 6.60. The van der Waals surface area contributed by atoms with Crippen molar-refractivity contribution in [2.75, 3.05) is 18.0 Å². The fourth-order valence-electron chi connectivity index (χ4n) is 3.94. The van der Waals surface area contributed by atoms with E-state index in [4.69, 9.17) is 10.5 Å². The smallest absolute Gasteiger partial charge is 0.208 e. The second-order valence-corrected chi connectivity index (χ2v) is 9.02.